The van der Waals surface area contributed by atoms with Crippen molar-refractivity contribution in [3.63, 3.8) is 0 Å². The second-order valence-corrected chi connectivity index (χ2v) is 6.89. The summed E-state index contributed by atoms with van der Waals surface area (Å²) in [5.41, 5.74) is 3.60. The molecule has 140 valence electrons. The fourth-order valence-corrected chi connectivity index (χ4v) is 3.09. The molecule has 8 heteroatoms. The minimum absolute atomic E-state index is 0.187. The quantitative estimate of drug-likeness (QED) is 0.863. The van der Waals surface area contributed by atoms with Gasteiger partial charge in [-0.25, -0.2) is 15.0 Å². The molecule has 1 N–H and O–H groups in total. The summed E-state index contributed by atoms with van der Waals surface area (Å²) in [6.07, 6.45) is 5.53. The molecule has 1 atom stereocenters. The third-order valence-electron chi connectivity index (χ3n) is 4.82. The molecule has 0 bridgehead atoms. The Bertz CT molecular complexity index is 887. The molecule has 2 amide bonds. The zero-order valence-corrected chi connectivity index (χ0v) is 15.4. The largest absolute Gasteiger partial charge is 0.337 e. The molecule has 0 unspecified atom stereocenters. The molecule has 1 aromatic heterocycles. The lowest BCUT2D eigenvalue weighted by Gasteiger charge is -2.32. The van der Waals surface area contributed by atoms with Crippen molar-refractivity contribution in [2.75, 3.05) is 5.01 Å². The van der Waals surface area contributed by atoms with Crippen LogP contribution in [0.4, 0.5) is 5.69 Å². The highest BCUT2D eigenvalue weighted by Gasteiger charge is 2.38. The normalized spacial score (nSPS) is 19.5. The van der Waals surface area contributed by atoms with E-state index in [4.69, 9.17) is 0 Å². The molecule has 27 heavy (non-hydrogen) atoms. The summed E-state index contributed by atoms with van der Waals surface area (Å²) in [4.78, 5) is 36.2. The number of aliphatic imine (C=N–C) groups is 1. The van der Waals surface area contributed by atoms with Gasteiger partial charge in [0.15, 0.2) is 0 Å². The van der Waals surface area contributed by atoms with Crippen molar-refractivity contribution in [2.24, 2.45) is 12.0 Å². The number of aromatic nitrogens is 2. The van der Waals surface area contributed by atoms with Crippen LogP contribution in [0.3, 0.4) is 0 Å². The number of amides is 2. The maximum absolute atomic E-state index is 13.2. The standard InChI is InChI=1S/C19H22N6O2/c1-13-18(26)25(15-6-4-3-5-7-15)22-17(21-13)19(27)24(14-8-9-14)12-16-20-10-11-23(16)2/h3-7,10-11,13-14H,8-9,12H2,1-2H3,(H,21,22)/t13-/m1/s1. The zero-order chi connectivity index (χ0) is 19.0. The van der Waals surface area contributed by atoms with E-state index in [1.807, 2.05) is 48.1 Å². The number of hydrogen-bond donors (Lipinski definition) is 1. The van der Waals surface area contributed by atoms with E-state index in [1.165, 1.54) is 5.01 Å². The van der Waals surface area contributed by atoms with Crippen LogP contribution in [-0.2, 0) is 23.2 Å². The van der Waals surface area contributed by atoms with Gasteiger partial charge in [0.05, 0.1) is 12.2 Å². The van der Waals surface area contributed by atoms with E-state index >= 15 is 0 Å². The van der Waals surface area contributed by atoms with Crippen molar-refractivity contribution >= 4 is 23.3 Å². The average molecular weight is 366 g/mol. The van der Waals surface area contributed by atoms with Gasteiger partial charge in [-0.2, -0.15) is 0 Å². The van der Waals surface area contributed by atoms with E-state index in [-0.39, 0.29) is 23.7 Å². The maximum atomic E-state index is 13.2. The number of nitrogens with one attached hydrogen (secondary N) is 1. The Morgan fingerprint density at radius 2 is 2.04 bits per heavy atom. The first-order valence-electron chi connectivity index (χ1n) is 9.05. The van der Waals surface area contributed by atoms with Crippen molar-refractivity contribution in [1.82, 2.24) is 19.9 Å². The zero-order valence-electron chi connectivity index (χ0n) is 15.4. The molecule has 4 rings (SSSR count). The first-order chi connectivity index (χ1) is 13.0. The number of imidazole rings is 1. The predicted molar refractivity (Wildman–Crippen MR) is 101 cm³/mol. The third kappa shape index (κ3) is 3.42. The Labute approximate surface area is 157 Å². The van der Waals surface area contributed by atoms with Crippen molar-refractivity contribution in [2.45, 2.75) is 38.4 Å². The highest BCUT2D eigenvalue weighted by Crippen LogP contribution is 2.29. The summed E-state index contributed by atoms with van der Waals surface area (Å²) < 4.78 is 1.90. The number of anilines is 1. The second-order valence-electron chi connectivity index (χ2n) is 6.89. The average Bonchev–Trinajstić information content (AvgIpc) is 3.44. The van der Waals surface area contributed by atoms with Gasteiger partial charge < -0.3 is 9.47 Å². The molecule has 2 aliphatic rings. The van der Waals surface area contributed by atoms with Gasteiger partial charge in [-0.3, -0.25) is 15.0 Å². The fraction of sp³-hybridized carbons (Fsp3) is 0.368. The molecule has 1 aliphatic heterocycles. The Hall–Kier alpha value is -3.16. The van der Waals surface area contributed by atoms with Gasteiger partial charge in [0.2, 0.25) is 5.84 Å². The van der Waals surface area contributed by atoms with Gasteiger partial charge in [-0.1, -0.05) is 18.2 Å². The number of rotatable bonds is 5. The Balaban J connectivity index is 1.58. The van der Waals surface area contributed by atoms with E-state index in [9.17, 15) is 9.59 Å². The van der Waals surface area contributed by atoms with Gasteiger partial charge in [0.1, 0.15) is 11.9 Å². The van der Waals surface area contributed by atoms with Crippen LogP contribution in [0.1, 0.15) is 25.6 Å². The van der Waals surface area contributed by atoms with Crippen LogP contribution in [0.2, 0.25) is 0 Å². The molecule has 1 fully saturated rings. The summed E-state index contributed by atoms with van der Waals surface area (Å²) >= 11 is 0. The first kappa shape index (κ1) is 17.3. The molecular weight excluding hydrogens is 344 g/mol. The van der Waals surface area contributed by atoms with Gasteiger partial charge in [0, 0.05) is 25.5 Å². The highest BCUT2D eigenvalue weighted by atomic mass is 16.2. The smallest absolute Gasteiger partial charge is 0.291 e. The lowest BCUT2D eigenvalue weighted by molar-refractivity contribution is -0.126. The summed E-state index contributed by atoms with van der Waals surface area (Å²) in [6.45, 7) is 2.12. The number of amidine groups is 1. The molecule has 8 nitrogen and oxygen atoms in total. The van der Waals surface area contributed by atoms with Crippen molar-refractivity contribution in [3.05, 3.63) is 48.5 Å². The minimum atomic E-state index is -0.625. The predicted octanol–water partition coefficient (Wildman–Crippen LogP) is 1.25. The van der Waals surface area contributed by atoms with Crippen LogP contribution in [0.15, 0.2) is 47.7 Å². The van der Waals surface area contributed by atoms with Gasteiger partial charge >= 0.3 is 0 Å². The Morgan fingerprint density at radius 3 is 2.67 bits per heavy atom. The van der Waals surface area contributed by atoms with Gasteiger partial charge in [0.25, 0.3) is 11.8 Å². The number of hydrazine groups is 1. The third-order valence-corrected chi connectivity index (χ3v) is 4.82. The molecule has 0 spiro atoms. The first-order valence-corrected chi connectivity index (χ1v) is 9.05. The lowest BCUT2D eigenvalue weighted by atomic mass is 10.2. The van der Waals surface area contributed by atoms with Crippen molar-refractivity contribution < 1.29 is 9.59 Å². The van der Waals surface area contributed by atoms with E-state index in [1.54, 1.807) is 18.0 Å². The molecule has 2 aromatic rings. The number of carbonyl (C=O) groups is 2. The van der Waals surface area contributed by atoms with Crippen LogP contribution in [-0.4, -0.2) is 44.2 Å². The van der Waals surface area contributed by atoms with Crippen LogP contribution >= 0.6 is 0 Å². The molecule has 1 aromatic carbocycles. The molecule has 0 radical (unpaired) electrons. The van der Waals surface area contributed by atoms with Crippen molar-refractivity contribution in [1.29, 1.82) is 0 Å². The van der Waals surface area contributed by atoms with Crippen LogP contribution in [0.25, 0.3) is 0 Å². The Morgan fingerprint density at radius 1 is 1.30 bits per heavy atom. The number of hydrogen-bond acceptors (Lipinski definition) is 5. The number of carbonyl (C=O) groups excluding carboxylic acids is 2. The molecular formula is C19H22N6O2. The summed E-state index contributed by atoms with van der Waals surface area (Å²) in [5, 5.41) is 1.40. The van der Waals surface area contributed by atoms with Crippen LogP contribution in [0, 0.1) is 0 Å². The molecule has 2 heterocycles. The maximum Gasteiger partial charge on any atom is 0.291 e. The number of benzene rings is 1. The minimum Gasteiger partial charge on any atom is -0.337 e. The number of nitrogens with zero attached hydrogens (tertiary/aromatic N) is 5. The number of para-hydroxylation sites is 1. The van der Waals surface area contributed by atoms with Gasteiger partial charge in [-0.15, -0.1) is 0 Å². The summed E-state index contributed by atoms with van der Waals surface area (Å²) in [6, 6.07) is 8.77. The Kier molecular flexibility index (Phi) is 4.39. The summed E-state index contributed by atoms with van der Waals surface area (Å²) in [5.74, 6) is 0.600. The van der Waals surface area contributed by atoms with Gasteiger partial charge in [-0.05, 0) is 31.9 Å². The summed E-state index contributed by atoms with van der Waals surface area (Å²) in [7, 11) is 1.91. The monoisotopic (exact) mass is 366 g/mol. The van der Waals surface area contributed by atoms with E-state index in [0.29, 0.717) is 12.2 Å². The van der Waals surface area contributed by atoms with Crippen LogP contribution in [0.5, 0.6) is 0 Å². The second kappa shape index (κ2) is 6.86. The van der Waals surface area contributed by atoms with Crippen molar-refractivity contribution in [3.8, 4) is 0 Å². The highest BCUT2D eigenvalue weighted by molar-refractivity contribution is 6.39. The topological polar surface area (TPSA) is 82.8 Å². The van der Waals surface area contributed by atoms with E-state index in [2.05, 4.69) is 15.4 Å². The number of aryl methyl sites for hydroxylation is 1. The van der Waals surface area contributed by atoms with E-state index < -0.39 is 6.04 Å². The molecule has 1 saturated carbocycles. The van der Waals surface area contributed by atoms with Crippen LogP contribution < -0.4 is 10.4 Å². The SMILES string of the molecule is C[C@H]1N=C(C(=O)N(Cc2nccn2C)C2CC2)NN(c2ccccc2)C1=O. The fourth-order valence-electron chi connectivity index (χ4n) is 3.09. The molecule has 0 saturated heterocycles. The molecule has 1 aliphatic carbocycles. The lowest BCUT2D eigenvalue weighted by Crippen LogP contribution is -2.58. The van der Waals surface area contributed by atoms with E-state index in [0.717, 1.165) is 18.7 Å².